The molecule has 4 rings (SSSR count). The van der Waals surface area contributed by atoms with Crippen LogP contribution in [0.5, 0.6) is 0 Å². The van der Waals surface area contributed by atoms with Gasteiger partial charge in [0.25, 0.3) is 0 Å². The van der Waals surface area contributed by atoms with Gasteiger partial charge in [0.15, 0.2) is 0 Å². The van der Waals surface area contributed by atoms with Gasteiger partial charge in [-0.15, -0.1) is 11.3 Å². The Hall–Kier alpha value is -1.89. The first-order valence-corrected chi connectivity index (χ1v) is 8.11. The number of tetrazole rings is 1. The number of allylic oxidation sites excluding steroid dienone is 1. The number of benzene rings is 1. The highest BCUT2D eigenvalue weighted by Gasteiger charge is 2.26. The first-order valence-electron chi connectivity index (χ1n) is 6.48. The standard InChI is InChI=1S/C14H9Cl2N5S/c15-8-3-4-9(10(16)6-8)12-7-11(13-2-1-5-22-13)17-14-18-19-20-21(12)14/h1-7,12H,(H,17,18,20). The molecule has 5 nitrogen and oxygen atoms in total. The minimum absolute atomic E-state index is 0.187. The molecule has 8 heteroatoms. The number of aromatic nitrogens is 4. The van der Waals surface area contributed by atoms with Crippen molar-refractivity contribution in [2.24, 2.45) is 0 Å². The Labute approximate surface area is 140 Å². The molecule has 3 heterocycles. The van der Waals surface area contributed by atoms with Gasteiger partial charge in [-0.1, -0.05) is 40.4 Å². The number of nitrogens with zero attached hydrogens (tertiary/aromatic N) is 4. The molecule has 3 aromatic rings. The molecule has 1 aromatic carbocycles. The largest absolute Gasteiger partial charge is 0.322 e. The maximum atomic E-state index is 6.36. The molecule has 22 heavy (non-hydrogen) atoms. The minimum Gasteiger partial charge on any atom is -0.322 e. The van der Waals surface area contributed by atoms with E-state index in [2.05, 4.69) is 26.9 Å². The summed E-state index contributed by atoms with van der Waals surface area (Å²) in [5.41, 5.74) is 1.86. The maximum Gasteiger partial charge on any atom is 0.248 e. The molecule has 110 valence electrons. The molecule has 0 saturated heterocycles. The molecular formula is C14H9Cl2N5S. The highest BCUT2D eigenvalue weighted by Crippen LogP contribution is 2.36. The van der Waals surface area contributed by atoms with Gasteiger partial charge >= 0.3 is 0 Å². The molecule has 0 radical (unpaired) electrons. The van der Waals surface area contributed by atoms with E-state index in [0.29, 0.717) is 16.0 Å². The van der Waals surface area contributed by atoms with Crippen LogP contribution in [0.25, 0.3) is 5.70 Å². The normalized spacial score (nSPS) is 16.8. The van der Waals surface area contributed by atoms with Gasteiger partial charge in [-0.05, 0) is 45.6 Å². The second-order valence-electron chi connectivity index (χ2n) is 4.74. The molecule has 0 spiro atoms. The van der Waals surface area contributed by atoms with Crippen molar-refractivity contribution in [3.8, 4) is 0 Å². The first-order chi connectivity index (χ1) is 10.7. The van der Waals surface area contributed by atoms with E-state index in [1.54, 1.807) is 22.1 Å². The summed E-state index contributed by atoms with van der Waals surface area (Å²) in [5, 5.41) is 18.3. The van der Waals surface area contributed by atoms with Gasteiger partial charge in [-0.25, -0.2) is 0 Å². The molecule has 0 saturated carbocycles. The number of fused-ring (bicyclic) bond motifs is 1. The smallest absolute Gasteiger partial charge is 0.248 e. The third-order valence-corrected chi connectivity index (χ3v) is 4.86. The number of hydrogen-bond donors (Lipinski definition) is 1. The third kappa shape index (κ3) is 2.29. The van der Waals surface area contributed by atoms with E-state index in [-0.39, 0.29) is 6.04 Å². The van der Waals surface area contributed by atoms with Crippen LogP contribution >= 0.6 is 34.5 Å². The van der Waals surface area contributed by atoms with Gasteiger partial charge < -0.3 is 5.32 Å². The summed E-state index contributed by atoms with van der Waals surface area (Å²) in [6, 6.07) is 9.30. The fraction of sp³-hybridized carbons (Fsp3) is 0.0714. The molecule has 1 atom stereocenters. The first kappa shape index (κ1) is 13.8. The predicted octanol–water partition coefficient (Wildman–Crippen LogP) is 4.10. The van der Waals surface area contributed by atoms with E-state index in [0.717, 1.165) is 16.1 Å². The molecule has 0 amide bonds. The topological polar surface area (TPSA) is 55.6 Å². The van der Waals surface area contributed by atoms with E-state index < -0.39 is 0 Å². The van der Waals surface area contributed by atoms with Crippen LogP contribution in [0.1, 0.15) is 16.5 Å². The highest BCUT2D eigenvalue weighted by molar-refractivity contribution is 7.11. The number of halogens is 2. The van der Waals surface area contributed by atoms with Crippen molar-refractivity contribution in [2.75, 3.05) is 5.32 Å². The average molecular weight is 350 g/mol. The molecule has 0 bridgehead atoms. The Kier molecular flexibility index (Phi) is 3.37. The van der Waals surface area contributed by atoms with Crippen LogP contribution in [0.3, 0.4) is 0 Å². The van der Waals surface area contributed by atoms with Crippen molar-refractivity contribution < 1.29 is 0 Å². The van der Waals surface area contributed by atoms with Gasteiger partial charge in [0.2, 0.25) is 5.95 Å². The summed E-state index contributed by atoms with van der Waals surface area (Å²) in [6.45, 7) is 0. The van der Waals surface area contributed by atoms with Crippen LogP contribution in [0, 0.1) is 0 Å². The van der Waals surface area contributed by atoms with E-state index >= 15 is 0 Å². The summed E-state index contributed by atoms with van der Waals surface area (Å²) in [4.78, 5) is 1.12. The molecular weight excluding hydrogens is 341 g/mol. The SMILES string of the molecule is Clc1ccc(C2C=C(c3cccs3)Nc3nnnn32)c(Cl)c1. The van der Waals surface area contributed by atoms with Gasteiger partial charge in [-0.3, -0.25) is 0 Å². The Balaban J connectivity index is 1.86. The van der Waals surface area contributed by atoms with Crippen LogP contribution in [0.2, 0.25) is 10.0 Å². The van der Waals surface area contributed by atoms with E-state index in [1.165, 1.54) is 0 Å². The number of hydrogen-bond acceptors (Lipinski definition) is 5. The highest BCUT2D eigenvalue weighted by atomic mass is 35.5. The molecule has 1 N–H and O–H groups in total. The number of thiophene rings is 1. The van der Waals surface area contributed by atoms with Crippen molar-refractivity contribution in [2.45, 2.75) is 6.04 Å². The van der Waals surface area contributed by atoms with Crippen LogP contribution in [-0.4, -0.2) is 20.2 Å². The zero-order chi connectivity index (χ0) is 15.1. The molecule has 0 fully saturated rings. The lowest BCUT2D eigenvalue weighted by Gasteiger charge is -2.23. The lowest BCUT2D eigenvalue weighted by Crippen LogP contribution is -2.20. The van der Waals surface area contributed by atoms with Gasteiger partial charge in [0, 0.05) is 10.0 Å². The molecule has 1 aliphatic rings. The summed E-state index contributed by atoms with van der Waals surface area (Å²) < 4.78 is 1.70. The van der Waals surface area contributed by atoms with Crippen molar-refractivity contribution in [3.05, 3.63) is 62.3 Å². The van der Waals surface area contributed by atoms with Gasteiger partial charge in [-0.2, -0.15) is 4.68 Å². The fourth-order valence-corrected chi connectivity index (χ4v) is 3.62. The van der Waals surface area contributed by atoms with Crippen LogP contribution < -0.4 is 5.32 Å². The van der Waals surface area contributed by atoms with Gasteiger partial charge in [0.1, 0.15) is 6.04 Å². The number of nitrogens with one attached hydrogen (secondary N) is 1. The van der Waals surface area contributed by atoms with Crippen molar-refractivity contribution in [3.63, 3.8) is 0 Å². The Morgan fingerprint density at radius 2 is 2.14 bits per heavy atom. The lowest BCUT2D eigenvalue weighted by molar-refractivity contribution is 0.586. The van der Waals surface area contributed by atoms with Crippen LogP contribution in [-0.2, 0) is 0 Å². The monoisotopic (exact) mass is 349 g/mol. The van der Waals surface area contributed by atoms with E-state index in [4.69, 9.17) is 23.2 Å². The maximum absolute atomic E-state index is 6.36. The number of rotatable bonds is 2. The van der Waals surface area contributed by atoms with Gasteiger partial charge in [0.05, 0.1) is 10.6 Å². The third-order valence-electron chi connectivity index (χ3n) is 3.40. The Morgan fingerprint density at radius 1 is 1.23 bits per heavy atom. The zero-order valence-electron chi connectivity index (χ0n) is 11.1. The van der Waals surface area contributed by atoms with Crippen molar-refractivity contribution >= 4 is 46.2 Å². The molecule has 2 aromatic heterocycles. The second kappa shape index (κ2) is 5.39. The predicted molar refractivity (Wildman–Crippen MR) is 88.3 cm³/mol. The Bertz CT molecular complexity index is 856. The van der Waals surface area contributed by atoms with Crippen molar-refractivity contribution in [1.29, 1.82) is 0 Å². The lowest BCUT2D eigenvalue weighted by atomic mass is 10.0. The zero-order valence-corrected chi connectivity index (χ0v) is 13.4. The van der Waals surface area contributed by atoms with E-state index in [9.17, 15) is 0 Å². The van der Waals surface area contributed by atoms with Crippen LogP contribution in [0.15, 0.2) is 41.8 Å². The summed E-state index contributed by atoms with van der Waals surface area (Å²) >= 11 is 14.0. The minimum atomic E-state index is -0.187. The molecule has 1 unspecified atom stereocenters. The quantitative estimate of drug-likeness (QED) is 0.756. The Morgan fingerprint density at radius 3 is 2.91 bits per heavy atom. The molecule has 1 aliphatic heterocycles. The molecule has 0 aliphatic carbocycles. The number of anilines is 1. The summed E-state index contributed by atoms with van der Waals surface area (Å²) in [6.07, 6.45) is 2.06. The van der Waals surface area contributed by atoms with Crippen LogP contribution in [0.4, 0.5) is 5.95 Å². The van der Waals surface area contributed by atoms with Crippen molar-refractivity contribution in [1.82, 2.24) is 20.2 Å². The second-order valence-corrected chi connectivity index (χ2v) is 6.53. The summed E-state index contributed by atoms with van der Waals surface area (Å²) in [7, 11) is 0. The summed E-state index contributed by atoms with van der Waals surface area (Å²) in [5.74, 6) is 0.585. The fourth-order valence-electron chi connectivity index (χ4n) is 2.39. The average Bonchev–Trinajstić information content (AvgIpc) is 3.18. The van der Waals surface area contributed by atoms with E-state index in [1.807, 2.05) is 29.6 Å².